The Bertz CT molecular complexity index is 678. The van der Waals surface area contributed by atoms with E-state index in [2.05, 4.69) is 4.90 Å². The molecule has 3 nitrogen and oxygen atoms in total. The molecule has 1 aliphatic rings. The molecule has 0 radical (unpaired) electrons. The highest BCUT2D eigenvalue weighted by Crippen LogP contribution is 2.34. The lowest BCUT2D eigenvalue weighted by molar-refractivity contribution is -0.0367. The summed E-state index contributed by atoms with van der Waals surface area (Å²) in [5.74, 6) is -0.354. The lowest BCUT2D eigenvalue weighted by atomic mass is 9.84. The molecular formula is C20H24FNO2. The molecule has 3 rings (SSSR count). The van der Waals surface area contributed by atoms with Crippen LogP contribution in [0.3, 0.4) is 0 Å². The van der Waals surface area contributed by atoms with Crippen molar-refractivity contribution < 1.29 is 14.6 Å². The van der Waals surface area contributed by atoms with Gasteiger partial charge in [-0.25, -0.2) is 4.39 Å². The number of nitrogens with zero attached hydrogens (tertiary/aromatic N) is 1. The smallest absolute Gasteiger partial charge is 0.129 e. The van der Waals surface area contributed by atoms with Gasteiger partial charge in [0.2, 0.25) is 0 Å². The number of hydrogen-bond acceptors (Lipinski definition) is 3. The number of piperidine rings is 1. The van der Waals surface area contributed by atoms with Crippen molar-refractivity contribution in [2.24, 2.45) is 0 Å². The molecule has 0 amide bonds. The first-order valence-corrected chi connectivity index (χ1v) is 8.42. The molecule has 2 aromatic rings. The summed E-state index contributed by atoms with van der Waals surface area (Å²) in [6.45, 7) is 3.81. The van der Waals surface area contributed by atoms with Gasteiger partial charge in [0.15, 0.2) is 0 Å². The van der Waals surface area contributed by atoms with Crippen molar-refractivity contribution in [2.75, 3.05) is 19.6 Å². The standard InChI is InChI=1S/C20H24FNO2/c1-15-6-8-16(9-7-15)19(23)14-22-12-10-20(24,11-13-22)17-4-2-3-5-18(17)21/h2-9,19,23-24H,10-14H2,1H3/t19-/m1/s1. The number of likely N-dealkylation sites (tertiary alicyclic amines) is 1. The number of aliphatic hydroxyl groups is 2. The van der Waals surface area contributed by atoms with Gasteiger partial charge in [0.05, 0.1) is 11.7 Å². The Morgan fingerprint density at radius 3 is 2.33 bits per heavy atom. The molecule has 0 bridgehead atoms. The highest BCUT2D eigenvalue weighted by atomic mass is 19.1. The number of aryl methyl sites for hydroxylation is 1. The van der Waals surface area contributed by atoms with E-state index in [1.807, 2.05) is 31.2 Å². The molecule has 128 valence electrons. The van der Waals surface area contributed by atoms with Crippen LogP contribution in [-0.4, -0.2) is 34.7 Å². The van der Waals surface area contributed by atoms with E-state index in [0.29, 0.717) is 38.0 Å². The molecular weight excluding hydrogens is 305 g/mol. The van der Waals surface area contributed by atoms with Gasteiger partial charge >= 0.3 is 0 Å². The molecule has 0 saturated carbocycles. The van der Waals surface area contributed by atoms with E-state index in [-0.39, 0.29) is 5.82 Å². The second-order valence-corrected chi connectivity index (χ2v) is 6.74. The van der Waals surface area contributed by atoms with E-state index in [9.17, 15) is 14.6 Å². The van der Waals surface area contributed by atoms with Crippen molar-refractivity contribution in [2.45, 2.75) is 31.5 Å². The van der Waals surface area contributed by atoms with Crippen LogP contribution in [0.1, 0.15) is 35.6 Å². The van der Waals surface area contributed by atoms with Crippen molar-refractivity contribution in [3.05, 3.63) is 71.0 Å². The summed E-state index contributed by atoms with van der Waals surface area (Å²) in [4.78, 5) is 2.12. The number of aliphatic hydroxyl groups excluding tert-OH is 1. The monoisotopic (exact) mass is 329 g/mol. The first kappa shape index (κ1) is 17.1. The summed E-state index contributed by atoms with van der Waals surface area (Å²) < 4.78 is 14.0. The fourth-order valence-electron chi connectivity index (χ4n) is 3.35. The summed E-state index contributed by atoms with van der Waals surface area (Å²) >= 11 is 0. The van der Waals surface area contributed by atoms with Crippen molar-refractivity contribution in [1.29, 1.82) is 0 Å². The maximum Gasteiger partial charge on any atom is 0.129 e. The summed E-state index contributed by atoms with van der Waals surface area (Å²) in [5, 5.41) is 21.2. The van der Waals surface area contributed by atoms with E-state index in [0.717, 1.165) is 5.56 Å². The summed E-state index contributed by atoms with van der Waals surface area (Å²) in [7, 11) is 0. The zero-order chi connectivity index (χ0) is 17.2. The molecule has 0 aromatic heterocycles. The topological polar surface area (TPSA) is 43.7 Å². The lowest BCUT2D eigenvalue weighted by Gasteiger charge is -2.39. The number of halogens is 1. The van der Waals surface area contributed by atoms with Crippen LogP contribution in [0.25, 0.3) is 0 Å². The maximum atomic E-state index is 14.0. The van der Waals surface area contributed by atoms with Crippen LogP contribution < -0.4 is 0 Å². The van der Waals surface area contributed by atoms with Crippen molar-refractivity contribution in [3.8, 4) is 0 Å². The van der Waals surface area contributed by atoms with Crippen molar-refractivity contribution >= 4 is 0 Å². The predicted molar refractivity (Wildman–Crippen MR) is 92.1 cm³/mol. The second-order valence-electron chi connectivity index (χ2n) is 6.74. The number of rotatable bonds is 4. The zero-order valence-electron chi connectivity index (χ0n) is 14.0. The fraction of sp³-hybridized carbons (Fsp3) is 0.400. The van der Waals surface area contributed by atoms with E-state index in [1.54, 1.807) is 18.2 Å². The van der Waals surface area contributed by atoms with Crippen LogP contribution >= 0.6 is 0 Å². The molecule has 0 spiro atoms. The zero-order valence-corrected chi connectivity index (χ0v) is 14.0. The molecule has 1 aliphatic heterocycles. The van der Waals surface area contributed by atoms with Gasteiger partial charge in [-0.2, -0.15) is 0 Å². The Morgan fingerprint density at radius 2 is 1.71 bits per heavy atom. The lowest BCUT2D eigenvalue weighted by Crippen LogP contribution is -2.44. The van der Waals surface area contributed by atoms with E-state index < -0.39 is 11.7 Å². The Morgan fingerprint density at radius 1 is 1.08 bits per heavy atom. The van der Waals surface area contributed by atoms with Gasteiger partial charge in [0.1, 0.15) is 5.82 Å². The SMILES string of the molecule is Cc1ccc([C@H](O)CN2CCC(O)(c3ccccc3F)CC2)cc1. The molecule has 4 heteroatoms. The predicted octanol–water partition coefficient (Wildman–Crippen LogP) is 3.15. The first-order chi connectivity index (χ1) is 11.5. The third kappa shape index (κ3) is 3.66. The molecule has 2 N–H and O–H groups in total. The maximum absolute atomic E-state index is 14.0. The normalized spacial score (nSPS) is 19.2. The van der Waals surface area contributed by atoms with Gasteiger partial charge in [0.25, 0.3) is 0 Å². The molecule has 24 heavy (non-hydrogen) atoms. The van der Waals surface area contributed by atoms with Crippen molar-refractivity contribution in [1.82, 2.24) is 4.90 Å². The Kier molecular flexibility index (Phi) is 4.99. The van der Waals surface area contributed by atoms with E-state index in [4.69, 9.17) is 0 Å². The summed E-state index contributed by atoms with van der Waals surface area (Å²) in [6.07, 6.45) is 0.383. The number of β-amino-alcohol motifs (C(OH)–C–C–N with tert-alkyl or cyclic N) is 1. The molecule has 0 aliphatic carbocycles. The summed E-state index contributed by atoms with van der Waals surface area (Å²) in [6, 6.07) is 14.3. The minimum absolute atomic E-state index is 0.354. The minimum atomic E-state index is -1.11. The third-order valence-corrected chi connectivity index (χ3v) is 4.95. The third-order valence-electron chi connectivity index (χ3n) is 4.95. The van der Waals surface area contributed by atoms with E-state index >= 15 is 0 Å². The molecule has 0 unspecified atom stereocenters. The van der Waals surface area contributed by atoms with E-state index in [1.165, 1.54) is 11.6 Å². The van der Waals surface area contributed by atoms with Gasteiger partial charge in [-0.1, -0.05) is 48.0 Å². The van der Waals surface area contributed by atoms with Crippen LogP contribution in [0, 0.1) is 12.7 Å². The largest absolute Gasteiger partial charge is 0.387 e. The fourth-order valence-corrected chi connectivity index (χ4v) is 3.35. The number of benzene rings is 2. The first-order valence-electron chi connectivity index (χ1n) is 8.42. The molecule has 2 aromatic carbocycles. The number of hydrogen-bond donors (Lipinski definition) is 2. The van der Waals surface area contributed by atoms with Crippen LogP contribution in [0.5, 0.6) is 0 Å². The van der Waals surface area contributed by atoms with Crippen LogP contribution in [0.4, 0.5) is 4.39 Å². The minimum Gasteiger partial charge on any atom is -0.387 e. The Balaban J connectivity index is 1.61. The highest BCUT2D eigenvalue weighted by molar-refractivity contribution is 5.25. The van der Waals surface area contributed by atoms with Crippen molar-refractivity contribution in [3.63, 3.8) is 0 Å². The molecule has 1 heterocycles. The Labute approximate surface area is 142 Å². The second kappa shape index (κ2) is 7.01. The van der Waals surface area contributed by atoms with Gasteiger partial charge in [0, 0.05) is 25.2 Å². The quantitative estimate of drug-likeness (QED) is 0.906. The van der Waals surface area contributed by atoms with Crippen LogP contribution in [-0.2, 0) is 5.60 Å². The van der Waals surface area contributed by atoms with Crippen LogP contribution in [0.15, 0.2) is 48.5 Å². The summed E-state index contributed by atoms with van der Waals surface area (Å²) in [5.41, 5.74) is 1.33. The van der Waals surface area contributed by atoms with Crippen LogP contribution in [0.2, 0.25) is 0 Å². The van der Waals surface area contributed by atoms with Gasteiger partial charge < -0.3 is 15.1 Å². The highest BCUT2D eigenvalue weighted by Gasteiger charge is 2.36. The van der Waals surface area contributed by atoms with Gasteiger partial charge in [-0.3, -0.25) is 0 Å². The van der Waals surface area contributed by atoms with Gasteiger partial charge in [-0.15, -0.1) is 0 Å². The average Bonchev–Trinajstić information content (AvgIpc) is 2.58. The molecule has 1 saturated heterocycles. The molecule has 1 atom stereocenters. The molecule has 1 fully saturated rings. The Hall–Kier alpha value is -1.75. The average molecular weight is 329 g/mol. The van der Waals surface area contributed by atoms with Gasteiger partial charge in [-0.05, 0) is 31.4 Å².